The maximum absolute atomic E-state index is 10.9. The number of carbonyl (C=O) groups is 1. The van der Waals surface area contributed by atoms with Crippen LogP contribution in [0.1, 0.15) is 35.9 Å². The molecule has 5 heteroatoms. The predicted octanol–water partition coefficient (Wildman–Crippen LogP) is 2.84. The third kappa shape index (κ3) is 3.23. The summed E-state index contributed by atoms with van der Waals surface area (Å²) in [6.07, 6.45) is 3.53. The summed E-state index contributed by atoms with van der Waals surface area (Å²) >= 11 is 1.29. The van der Waals surface area contributed by atoms with E-state index in [-0.39, 0.29) is 6.10 Å². The van der Waals surface area contributed by atoms with Gasteiger partial charge in [0.2, 0.25) is 0 Å². The number of hydrogen-bond donors (Lipinski definition) is 1. The van der Waals surface area contributed by atoms with Gasteiger partial charge in [0.25, 0.3) is 0 Å². The Kier molecular flexibility index (Phi) is 4.60. The van der Waals surface area contributed by atoms with Crippen LogP contribution in [0.3, 0.4) is 0 Å². The van der Waals surface area contributed by atoms with Crippen molar-refractivity contribution in [2.45, 2.75) is 32.3 Å². The number of hydrogen-bond acceptors (Lipinski definition) is 4. The molecule has 4 nitrogen and oxygen atoms in total. The first-order valence-corrected chi connectivity index (χ1v) is 7.27. The van der Waals surface area contributed by atoms with Crippen molar-refractivity contribution in [3.8, 4) is 0 Å². The number of carboxylic acids is 1. The lowest BCUT2D eigenvalue weighted by Gasteiger charge is -2.33. The van der Waals surface area contributed by atoms with Gasteiger partial charge in [0.15, 0.2) is 0 Å². The average molecular weight is 269 g/mol. The van der Waals surface area contributed by atoms with E-state index in [1.807, 2.05) is 5.38 Å². The molecule has 1 aliphatic heterocycles. The van der Waals surface area contributed by atoms with Crippen molar-refractivity contribution < 1.29 is 14.6 Å². The highest BCUT2D eigenvalue weighted by atomic mass is 32.1. The van der Waals surface area contributed by atoms with Crippen LogP contribution in [0.5, 0.6) is 0 Å². The second-order valence-corrected chi connectivity index (χ2v) is 5.47. The van der Waals surface area contributed by atoms with Crippen LogP contribution in [0.25, 0.3) is 0 Å². The van der Waals surface area contributed by atoms with Gasteiger partial charge in [-0.1, -0.05) is 6.92 Å². The minimum atomic E-state index is -0.845. The summed E-state index contributed by atoms with van der Waals surface area (Å²) in [4.78, 5) is 13.5. The lowest BCUT2D eigenvalue weighted by atomic mass is 10.1. The van der Waals surface area contributed by atoms with Gasteiger partial charge in [-0.2, -0.15) is 0 Å². The monoisotopic (exact) mass is 269 g/mol. The number of rotatable bonds is 5. The Hall–Kier alpha value is -1.07. The quantitative estimate of drug-likeness (QED) is 0.893. The first-order valence-electron chi connectivity index (χ1n) is 6.39. The number of piperidine rings is 1. The van der Waals surface area contributed by atoms with Gasteiger partial charge in [-0.25, -0.2) is 4.79 Å². The van der Waals surface area contributed by atoms with Crippen molar-refractivity contribution >= 4 is 23.0 Å². The molecule has 0 bridgehead atoms. The van der Waals surface area contributed by atoms with Crippen molar-refractivity contribution in [2.24, 2.45) is 0 Å². The van der Waals surface area contributed by atoms with Crippen LogP contribution in [-0.2, 0) is 4.74 Å². The highest BCUT2D eigenvalue weighted by Crippen LogP contribution is 2.26. The van der Waals surface area contributed by atoms with Gasteiger partial charge in [-0.05, 0) is 25.3 Å². The minimum absolute atomic E-state index is 0.284. The summed E-state index contributed by atoms with van der Waals surface area (Å²) < 4.78 is 5.78. The smallest absolute Gasteiger partial charge is 0.345 e. The molecule has 1 aromatic heterocycles. The van der Waals surface area contributed by atoms with E-state index in [2.05, 4.69) is 11.8 Å². The Labute approximate surface area is 111 Å². The van der Waals surface area contributed by atoms with Gasteiger partial charge < -0.3 is 14.7 Å². The highest BCUT2D eigenvalue weighted by Gasteiger charge is 2.21. The topological polar surface area (TPSA) is 49.8 Å². The van der Waals surface area contributed by atoms with Gasteiger partial charge in [-0.3, -0.25) is 0 Å². The van der Waals surface area contributed by atoms with Crippen LogP contribution >= 0.6 is 11.3 Å². The zero-order valence-electron chi connectivity index (χ0n) is 10.6. The molecule has 0 amide bonds. The van der Waals surface area contributed by atoms with Crippen LogP contribution in [0, 0.1) is 0 Å². The molecule has 1 aromatic rings. The molecule has 2 heterocycles. The number of ether oxygens (including phenoxy) is 1. The molecule has 1 aliphatic rings. The predicted molar refractivity (Wildman–Crippen MR) is 72.8 cm³/mol. The zero-order valence-corrected chi connectivity index (χ0v) is 11.4. The van der Waals surface area contributed by atoms with Gasteiger partial charge in [0, 0.05) is 30.8 Å². The zero-order chi connectivity index (χ0) is 13.0. The standard InChI is InChI=1S/C13H19NO3S/c1-2-6-17-11-4-3-5-14(8-11)10-7-12(13(15)16)18-9-10/h7,9,11H,2-6,8H2,1H3,(H,15,16). The largest absolute Gasteiger partial charge is 0.477 e. The maximum Gasteiger partial charge on any atom is 0.345 e. The molecule has 1 atom stereocenters. The molecule has 1 unspecified atom stereocenters. The van der Waals surface area contributed by atoms with Crippen LogP contribution in [0.15, 0.2) is 11.4 Å². The fraction of sp³-hybridized carbons (Fsp3) is 0.615. The summed E-state index contributed by atoms with van der Waals surface area (Å²) in [7, 11) is 0. The SMILES string of the molecule is CCCOC1CCCN(c2csc(C(=O)O)c2)C1. The Morgan fingerprint density at radius 3 is 3.17 bits per heavy atom. The normalized spacial score (nSPS) is 20.1. The van der Waals surface area contributed by atoms with Crippen molar-refractivity contribution in [1.29, 1.82) is 0 Å². The Morgan fingerprint density at radius 1 is 1.67 bits per heavy atom. The Bertz CT molecular complexity index is 405. The molecule has 0 spiro atoms. The molecule has 1 saturated heterocycles. The first kappa shape index (κ1) is 13.4. The van der Waals surface area contributed by atoms with E-state index in [1.54, 1.807) is 6.07 Å². The van der Waals surface area contributed by atoms with Crippen molar-refractivity contribution in [3.63, 3.8) is 0 Å². The summed E-state index contributed by atoms with van der Waals surface area (Å²) in [5, 5.41) is 10.9. The molecule has 2 rings (SSSR count). The number of anilines is 1. The summed E-state index contributed by atoms with van der Waals surface area (Å²) in [5.74, 6) is -0.845. The fourth-order valence-corrected chi connectivity index (χ4v) is 2.95. The lowest BCUT2D eigenvalue weighted by Crippen LogP contribution is -2.39. The Morgan fingerprint density at radius 2 is 2.50 bits per heavy atom. The lowest BCUT2D eigenvalue weighted by molar-refractivity contribution is 0.0441. The summed E-state index contributed by atoms with van der Waals surface area (Å²) in [6.45, 7) is 4.78. The van der Waals surface area contributed by atoms with E-state index in [9.17, 15) is 4.79 Å². The Balaban J connectivity index is 1.96. The number of nitrogens with zero attached hydrogens (tertiary/aromatic N) is 1. The molecular weight excluding hydrogens is 250 g/mol. The van der Waals surface area contributed by atoms with Gasteiger partial charge in [0.05, 0.1) is 6.10 Å². The van der Waals surface area contributed by atoms with E-state index in [0.29, 0.717) is 4.88 Å². The van der Waals surface area contributed by atoms with Crippen LogP contribution in [-0.4, -0.2) is 36.9 Å². The maximum atomic E-state index is 10.9. The van der Waals surface area contributed by atoms with E-state index in [0.717, 1.165) is 44.6 Å². The molecule has 1 fully saturated rings. The van der Waals surface area contributed by atoms with Crippen LogP contribution in [0.4, 0.5) is 5.69 Å². The molecule has 1 N–H and O–H groups in total. The highest BCUT2D eigenvalue weighted by molar-refractivity contribution is 7.12. The molecule has 0 aliphatic carbocycles. The molecule has 0 saturated carbocycles. The van der Waals surface area contributed by atoms with Crippen molar-refractivity contribution in [2.75, 3.05) is 24.6 Å². The van der Waals surface area contributed by atoms with Crippen LogP contribution < -0.4 is 4.90 Å². The third-order valence-electron chi connectivity index (χ3n) is 3.10. The van der Waals surface area contributed by atoms with E-state index >= 15 is 0 Å². The van der Waals surface area contributed by atoms with E-state index in [4.69, 9.17) is 9.84 Å². The number of aromatic carboxylic acids is 1. The van der Waals surface area contributed by atoms with Gasteiger partial charge in [-0.15, -0.1) is 11.3 Å². The second-order valence-electron chi connectivity index (χ2n) is 4.56. The number of thiophene rings is 1. The minimum Gasteiger partial charge on any atom is -0.477 e. The molecular formula is C13H19NO3S. The fourth-order valence-electron chi connectivity index (χ4n) is 2.20. The second kappa shape index (κ2) is 6.20. The van der Waals surface area contributed by atoms with Gasteiger partial charge in [0.1, 0.15) is 4.88 Å². The van der Waals surface area contributed by atoms with Crippen LogP contribution in [0.2, 0.25) is 0 Å². The number of carboxylic acid groups (broad SMARTS) is 1. The van der Waals surface area contributed by atoms with E-state index in [1.165, 1.54) is 11.3 Å². The molecule has 18 heavy (non-hydrogen) atoms. The first-order chi connectivity index (χ1) is 8.70. The molecule has 0 aromatic carbocycles. The molecule has 100 valence electrons. The van der Waals surface area contributed by atoms with Gasteiger partial charge >= 0.3 is 5.97 Å². The molecule has 0 radical (unpaired) electrons. The van der Waals surface area contributed by atoms with Crippen molar-refractivity contribution in [1.82, 2.24) is 0 Å². The van der Waals surface area contributed by atoms with Crippen molar-refractivity contribution in [3.05, 3.63) is 16.3 Å². The summed E-state index contributed by atoms with van der Waals surface area (Å²) in [5.41, 5.74) is 1.02. The average Bonchev–Trinajstić information content (AvgIpc) is 2.86. The third-order valence-corrected chi connectivity index (χ3v) is 4.00. The van der Waals surface area contributed by atoms with E-state index < -0.39 is 5.97 Å². The summed E-state index contributed by atoms with van der Waals surface area (Å²) in [6, 6.07) is 1.76.